The highest BCUT2D eigenvalue weighted by atomic mass is 31.1. The number of fused-ring (bicyclic) bond motifs is 1. The van der Waals surface area contributed by atoms with Crippen molar-refractivity contribution in [2.45, 2.75) is 40.2 Å². The minimum absolute atomic E-state index is 0.150. The molecule has 0 fully saturated rings. The molecule has 1 heterocycles. The Labute approximate surface area is 338 Å². The molecule has 7 aromatic carbocycles. The molecule has 57 heavy (non-hydrogen) atoms. The standard InChI is InChI=1S/C51H46BN2O2P/c1-36-43(32-31-38-19-9-5-10-20-38)49(37(2)45-34-51(3,33-44(36)45)50(55)56-4)52-53(35-39-21-11-6-12-22-39)46-29-17-23-40-24-18-30-47(48(40)46)54(52)57(41-25-13-7-14-26-41)42-27-15-8-16-28-42/h5-32H,33-35H2,1-4H3/b32-31+. The van der Waals surface area contributed by atoms with Crippen LogP contribution in [0, 0.1) is 19.3 Å². The summed E-state index contributed by atoms with van der Waals surface area (Å²) in [6.45, 7) is 7.15. The first-order valence-electron chi connectivity index (χ1n) is 19.8. The fourth-order valence-electron chi connectivity index (χ4n) is 9.30. The van der Waals surface area contributed by atoms with E-state index in [0.29, 0.717) is 19.4 Å². The summed E-state index contributed by atoms with van der Waals surface area (Å²) < 4.78 is 8.23. The predicted octanol–water partition coefficient (Wildman–Crippen LogP) is 10.2. The number of ether oxygens (including phenoxy) is 1. The van der Waals surface area contributed by atoms with Gasteiger partial charge in [0, 0.05) is 31.4 Å². The molecular weight excluding hydrogens is 714 g/mol. The summed E-state index contributed by atoms with van der Waals surface area (Å²) in [6, 6.07) is 57.2. The molecule has 0 saturated heterocycles. The van der Waals surface area contributed by atoms with Gasteiger partial charge in [-0.15, -0.1) is 0 Å². The van der Waals surface area contributed by atoms with E-state index in [4.69, 9.17) is 4.74 Å². The second-order valence-corrected chi connectivity index (χ2v) is 17.7. The number of rotatable bonds is 9. The van der Waals surface area contributed by atoms with Crippen molar-refractivity contribution in [2.75, 3.05) is 16.5 Å². The molecule has 280 valence electrons. The Morgan fingerprint density at radius 3 is 1.82 bits per heavy atom. The lowest BCUT2D eigenvalue weighted by atomic mass is 9.58. The van der Waals surface area contributed by atoms with Crippen molar-refractivity contribution in [3.8, 4) is 0 Å². The fourth-order valence-corrected chi connectivity index (χ4v) is 11.8. The molecular formula is C51H46BN2O2P. The van der Waals surface area contributed by atoms with Gasteiger partial charge in [0.15, 0.2) is 0 Å². The molecule has 7 aromatic rings. The van der Waals surface area contributed by atoms with Gasteiger partial charge in [0.05, 0.1) is 12.5 Å². The normalized spacial score (nSPS) is 16.1. The lowest BCUT2D eigenvalue weighted by Crippen LogP contribution is -2.63. The van der Waals surface area contributed by atoms with Crippen LogP contribution in [0.1, 0.15) is 45.9 Å². The van der Waals surface area contributed by atoms with Gasteiger partial charge in [-0.05, 0) is 106 Å². The third kappa shape index (κ3) is 6.54. The van der Waals surface area contributed by atoms with Crippen LogP contribution in [0.3, 0.4) is 0 Å². The topological polar surface area (TPSA) is 32.8 Å². The van der Waals surface area contributed by atoms with Crippen LogP contribution in [0.2, 0.25) is 0 Å². The number of carbonyl (C=O) groups excluding carboxylic acids is 1. The molecule has 1 unspecified atom stereocenters. The van der Waals surface area contributed by atoms with Crippen LogP contribution in [0.15, 0.2) is 158 Å². The van der Waals surface area contributed by atoms with Gasteiger partial charge in [0.1, 0.15) is 0 Å². The molecule has 9 rings (SSSR count). The lowest BCUT2D eigenvalue weighted by molar-refractivity contribution is -0.151. The molecule has 0 amide bonds. The van der Waals surface area contributed by atoms with Gasteiger partial charge in [-0.2, -0.15) is 0 Å². The summed E-state index contributed by atoms with van der Waals surface area (Å²) >= 11 is 0. The van der Waals surface area contributed by atoms with Crippen molar-refractivity contribution in [1.29, 1.82) is 0 Å². The van der Waals surface area contributed by atoms with E-state index in [1.165, 1.54) is 78.7 Å². The molecule has 1 atom stereocenters. The first kappa shape index (κ1) is 36.7. The number of anilines is 2. The first-order valence-corrected chi connectivity index (χ1v) is 21.1. The van der Waals surface area contributed by atoms with Crippen LogP contribution in [-0.4, -0.2) is 20.1 Å². The molecule has 0 saturated carbocycles. The quantitative estimate of drug-likeness (QED) is 0.0635. The average molecular weight is 761 g/mol. The molecule has 6 heteroatoms. The van der Waals surface area contributed by atoms with Gasteiger partial charge in [-0.25, -0.2) is 0 Å². The van der Waals surface area contributed by atoms with Crippen LogP contribution < -0.4 is 25.5 Å². The maximum absolute atomic E-state index is 13.5. The zero-order chi connectivity index (χ0) is 39.1. The number of esters is 1. The Balaban J connectivity index is 1.40. The first-order chi connectivity index (χ1) is 27.9. The minimum atomic E-state index is -1.12. The second-order valence-electron chi connectivity index (χ2n) is 15.7. The fraction of sp³-hybridized carbons (Fsp3) is 0.157. The van der Waals surface area contributed by atoms with E-state index in [1.807, 2.05) is 0 Å². The van der Waals surface area contributed by atoms with Crippen LogP contribution in [-0.2, 0) is 28.9 Å². The predicted molar refractivity (Wildman–Crippen MR) is 242 cm³/mol. The molecule has 1 aliphatic heterocycles. The highest BCUT2D eigenvalue weighted by molar-refractivity contribution is 7.76. The molecule has 0 bridgehead atoms. The van der Waals surface area contributed by atoms with Gasteiger partial charge < -0.3 is 14.1 Å². The monoisotopic (exact) mass is 760 g/mol. The Kier molecular flexibility index (Phi) is 9.80. The van der Waals surface area contributed by atoms with Crippen molar-refractivity contribution < 1.29 is 9.53 Å². The Hall–Kier alpha value is -5.90. The molecule has 2 aliphatic rings. The molecule has 1 aliphatic carbocycles. The highest BCUT2D eigenvalue weighted by Gasteiger charge is 2.48. The number of benzene rings is 7. The lowest BCUT2D eigenvalue weighted by Gasteiger charge is -2.49. The summed E-state index contributed by atoms with van der Waals surface area (Å²) in [5.41, 5.74) is 11.7. The zero-order valence-corrected chi connectivity index (χ0v) is 33.9. The number of hydrogen-bond donors (Lipinski definition) is 0. The van der Waals surface area contributed by atoms with E-state index >= 15 is 0 Å². The van der Waals surface area contributed by atoms with E-state index in [1.54, 1.807) is 0 Å². The number of methoxy groups -OCH3 is 1. The molecule has 0 aromatic heterocycles. The highest BCUT2D eigenvalue weighted by Crippen LogP contribution is 2.52. The Bertz CT molecular complexity index is 2570. The van der Waals surface area contributed by atoms with Gasteiger partial charge in [-0.1, -0.05) is 158 Å². The number of carbonyl (C=O) groups is 1. The maximum Gasteiger partial charge on any atom is 0.416 e. The van der Waals surface area contributed by atoms with Crippen LogP contribution >= 0.6 is 8.07 Å². The van der Waals surface area contributed by atoms with E-state index in [2.05, 4.69) is 200 Å². The number of nitrogens with zero attached hydrogens (tertiary/aromatic N) is 2. The van der Waals surface area contributed by atoms with Crippen molar-refractivity contribution in [1.82, 2.24) is 0 Å². The summed E-state index contributed by atoms with van der Waals surface area (Å²) in [7, 11) is 0.403. The second kappa shape index (κ2) is 15.2. The van der Waals surface area contributed by atoms with E-state index < -0.39 is 13.5 Å². The molecule has 0 radical (unpaired) electrons. The van der Waals surface area contributed by atoms with Crippen molar-refractivity contribution >= 4 is 71.4 Å². The SMILES string of the molecule is COC(=O)C1(C)Cc2c(C)c(/C=C/c3ccccc3)c(B3N(Cc4ccccc4)c4cccc5cccc(c45)N3P(c3ccccc3)c3ccccc3)c(C)c2C1. The van der Waals surface area contributed by atoms with E-state index in [-0.39, 0.29) is 13.0 Å². The number of hydrogen-bond acceptors (Lipinski definition) is 4. The summed E-state index contributed by atoms with van der Waals surface area (Å²) in [5.74, 6) is -0.150. The third-order valence-electron chi connectivity index (χ3n) is 12.0. The van der Waals surface area contributed by atoms with E-state index in [0.717, 1.165) is 5.56 Å². The smallest absolute Gasteiger partial charge is 0.416 e. The zero-order valence-electron chi connectivity index (χ0n) is 33.0. The van der Waals surface area contributed by atoms with Crippen LogP contribution in [0.5, 0.6) is 0 Å². The van der Waals surface area contributed by atoms with E-state index in [9.17, 15) is 4.79 Å². The maximum atomic E-state index is 13.5. The third-order valence-corrected chi connectivity index (χ3v) is 14.5. The van der Waals surface area contributed by atoms with Crippen molar-refractivity contribution in [3.05, 3.63) is 197 Å². The van der Waals surface area contributed by atoms with Crippen LogP contribution in [0.25, 0.3) is 22.9 Å². The average Bonchev–Trinajstić information content (AvgIpc) is 3.64. The minimum Gasteiger partial charge on any atom is -0.469 e. The van der Waals surface area contributed by atoms with Gasteiger partial charge in [0.2, 0.25) is 0 Å². The van der Waals surface area contributed by atoms with Gasteiger partial charge in [0.25, 0.3) is 0 Å². The largest absolute Gasteiger partial charge is 0.469 e. The summed E-state index contributed by atoms with van der Waals surface area (Å²) in [5, 5.41) is 5.06. The Morgan fingerprint density at radius 1 is 0.684 bits per heavy atom. The van der Waals surface area contributed by atoms with Crippen molar-refractivity contribution in [2.24, 2.45) is 5.41 Å². The Morgan fingerprint density at radius 2 is 1.23 bits per heavy atom. The van der Waals surface area contributed by atoms with Gasteiger partial charge in [-0.3, -0.25) is 4.79 Å². The van der Waals surface area contributed by atoms with Crippen LogP contribution in [0.4, 0.5) is 11.4 Å². The van der Waals surface area contributed by atoms with Crippen molar-refractivity contribution in [3.63, 3.8) is 0 Å². The molecule has 0 spiro atoms. The summed E-state index contributed by atoms with van der Waals surface area (Å²) in [6.07, 6.45) is 5.89. The molecule has 4 nitrogen and oxygen atoms in total. The molecule has 0 N–H and O–H groups in total. The summed E-state index contributed by atoms with van der Waals surface area (Å²) in [4.78, 5) is 16.2. The van der Waals surface area contributed by atoms with Gasteiger partial charge >= 0.3 is 13.0 Å².